The summed E-state index contributed by atoms with van der Waals surface area (Å²) >= 11 is 0. The Kier molecular flexibility index (Phi) is 4.19. The minimum atomic E-state index is -1.40. The fourth-order valence-corrected chi connectivity index (χ4v) is 3.37. The molecule has 9 heteroatoms. The molecule has 0 aliphatic carbocycles. The van der Waals surface area contributed by atoms with Crippen molar-refractivity contribution in [3.8, 4) is 0 Å². The number of methoxy groups -OCH3 is 1. The Morgan fingerprint density at radius 3 is 2.84 bits per heavy atom. The number of halogens is 2. The van der Waals surface area contributed by atoms with Crippen LogP contribution in [0.25, 0.3) is 0 Å². The molecule has 2 fully saturated rings. The van der Waals surface area contributed by atoms with E-state index in [2.05, 4.69) is 10.1 Å². The maximum Gasteiger partial charge on any atom is 0.334 e. The quantitative estimate of drug-likeness (QED) is 0.765. The smallest absolute Gasteiger partial charge is 0.334 e. The number of nitrogens with zero attached hydrogens (tertiary/aromatic N) is 1. The predicted octanol–water partition coefficient (Wildman–Crippen LogP) is 0.735. The third kappa shape index (κ3) is 2.64. The molecular formula is C16H17F2N3O4. The van der Waals surface area contributed by atoms with Gasteiger partial charge in [-0.2, -0.15) is 0 Å². The predicted molar refractivity (Wildman–Crippen MR) is 81.5 cm³/mol. The van der Waals surface area contributed by atoms with Crippen LogP contribution in [0.15, 0.2) is 18.2 Å². The van der Waals surface area contributed by atoms with Crippen LogP contribution in [0, 0.1) is 23.0 Å². The van der Waals surface area contributed by atoms with Crippen LogP contribution in [0.2, 0.25) is 0 Å². The van der Waals surface area contributed by atoms with Crippen LogP contribution in [0.3, 0.4) is 0 Å². The average Bonchev–Trinajstić information content (AvgIpc) is 2.58. The van der Waals surface area contributed by atoms with Crippen molar-refractivity contribution in [2.24, 2.45) is 5.92 Å². The number of nitrogens with one attached hydrogen (secondary N) is 2. The van der Waals surface area contributed by atoms with E-state index in [-0.39, 0.29) is 24.6 Å². The first-order chi connectivity index (χ1) is 11.8. The lowest BCUT2D eigenvalue weighted by molar-refractivity contribution is -0.170. The lowest BCUT2D eigenvalue weighted by Crippen LogP contribution is -2.69. The first kappa shape index (κ1) is 17.3. The van der Waals surface area contributed by atoms with Gasteiger partial charge in [-0.3, -0.25) is 15.1 Å². The van der Waals surface area contributed by atoms with Gasteiger partial charge in [0.25, 0.3) is 0 Å². The monoisotopic (exact) mass is 353 g/mol. The number of hydrogen-bond donors (Lipinski definition) is 2. The van der Waals surface area contributed by atoms with Gasteiger partial charge >= 0.3 is 5.97 Å². The molecule has 3 rings (SSSR count). The van der Waals surface area contributed by atoms with Gasteiger partial charge in [0.05, 0.1) is 19.6 Å². The van der Waals surface area contributed by atoms with Gasteiger partial charge in [-0.1, -0.05) is 6.07 Å². The highest BCUT2D eigenvalue weighted by Gasteiger charge is 2.56. The minimum Gasteiger partial charge on any atom is -0.467 e. The average molecular weight is 353 g/mol. The van der Waals surface area contributed by atoms with Gasteiger partial charge in [0.1, 0.15) is 17.2 Å². The van der Waals surface area contributed by atoms with E-state index in [0.717, 1.165) is 11.0 Å². The summed E-state index contributed by atoms with van der Waals surface area (Å²) in [5.41, 5.74) is -1.39. The van der Waals surface area contributed by atoms with Crippen LogP contribution < -0.4 is 5.32 Å². The highest BCUT2D eigenvalue weighted by molar-refractivity contribution is 6.00. The SMILES string of the molecule is COC(=O)C1CC2C(=O)N(C)C(=N)NC2(c2ccc(F)cc2F)CO1. The van der Waals surface area contributed by atoms with Crippen molar-refractivity contribution in [2.45, 2.75) is 18.1 Å². The van der Waals surface area contributed by atoms with Crippen LogP contribution in [-0.4, -0.2) is 49.6 Å². The summed E-state index contributed by atoms with van der Waals surface area (Å²) in [4.78, 5) is 25.6. The maximum absolute atomic E-state index is 14.5. The number of ether oxygens (including phenoxy) is 2. The summed E-state index contributed by atoms with van der Waals surface area (Å²) < 4.78 is 37.9. The maximum atomic E-state index is 14.5. The number of benzene rings is 1. The van der Waals surface area contributed by atoms with Crippen molar-refractivity contribution in [1.29, 1.82) is 5.41 Å². The Morgan fingerprint density at radius 2 is 2.20 bits per heavy atom. The number of guanidine groups is 1. The van der Waals surface area contributed by atoms with Crippen LogP contribution in [0.1, 0.15) is 12.0 Å². The fourth-order valence-electron chi connectivity index (χ4n) is 3.37. The molecule has 25 heavy (non-hydrogen) atoms. The number of carbonyl (C=O) groups excluding carboxylic acids is 2. The number of esters is 1. The van der Waals surface area contributed by atoms with Crippen molar-refractivity contribution in [3.05, 3.63) is 35.4 Å². The normalized spacial score (nSPS) is 29.0. The molecule has 2 N–H and O–H groups in total. The highest BCUT2D eigenvalue weighted by Crippen LogP contribution is 2.42. The van der Waals surface area contributed by atoms with Crippen LogP contribution in [0.5, 0.6) is 0 Å². The first-order valence-electron chi connectivity index (χ1n) is 7.59. The minimum absolute atomic E-state index is 0.00779. The molecule has 1 aromatic carbocycles. The van der Waals surface area contributed by atoms with Crippen LogP contribution in [0.4, 0.5) is 8.78 Å². The van der Waals surface area contributed by atoms with Crippen molar-refractivity contribution in [2.75, 3.05) is 20.8 Å². The molecule has 3 unspecified atom stereocenters. The molecular weight excluding hydrogens is 336 g/mol. The molecule has 0 saturated carbocycles. The number of amides is 1. The Balaban J connectivity index is 2.08. The van der Waals surface area contributed by atoms with Gasteiger partial charge in [0.15, 0.2) is 12.1 Å². The lowest BCUT2D eigenvalue weighted by atomic mass is 9.72. The Bertz CT molecular complexity index is 757. The van der Waals surface area contributed by atoms with Crippen molar-refractivity contribution < 1.29 is 27.8 Å². The van der Waals surface area contributed by atoms with Gasteiger partial charge < -0.3 is 14.8 Å². The van der Waals surface area contributed by atoms with E-state index in [0.29, 0.717) is 6.07 Å². The zero-order chi connectivity index (χ0) is 18.4. The van der Waals surface area contributed by atoms with Gasteiger partial charge in [-0.15, -0.1) is 0 Å². The molecule has 0 radical (unpaired) electrons. The largest absolute Gasteiger partial charge is 0.467 e. The van der Waals surface area contributed by atoms with E-state index in [1.807, 2.05) is 0 Å². The van der Waals surface area contributed by atoms with Crippen molar-refractivity contribution >= 4 is 17.8 Å². The van der Waals surface area contributed by atoms with E-state index >= 15 is 0 Å². The van der Waals surface area contributed by atoms with E-state index in [4.69, 9.17) is 10.1 Å². The molecule has 2 aliphatic rings. The third-order valence-electron chi connectivity index (χ3n) is 4.74. The molecule has 134 valence electrons. The van der Waals surface area contributed by atoms with Gasteiger partial charge in [-0.25, -0.2) is 13.6 Å². The second-order valence-corrected chi connectivity index (χ2v) is 6.08. The fraction of sp³-hybridized carbons (Fsp3) is 0.438. The second-order valence-electron chi connectivity index (χ2n) is 6.08. The van der Waals surface area contributed by atoms with E-state index in [1.165, 1.54) is 20.2 Å². The molecule has 3 atom stereocenters. The first-order valence-corrected chi connectivity index (χ1v) is 7.59. The standard InChI is InChI=1S/C16H17F2N3O4/c1-21-13(22)10-6-12(14(23)24-2)25-7-16(10,20-15(21)19)9-4-3-8(17)5-11(9)18/h3-5,10,12H,6-7H2,1-2H3,(H2,19,20). The summed E-state index contributed by atoms with van der Waals surface area (Å²) in [5, 5.41) is 10.8. The molecule has 7 nitrogen and oxygen atoms in total. The number of rotatable bonds is 2. The van der Waals surface area contributed by atoms with Crippen LogP contribution in [-0.2, 0) is 24.6 Å². The highest BCUT2D eigenvalue weighted by atomic mass is 19.1. The van der Waals surface area contributed by atoms with Gasteiger partial charge in [0, 0.05) is 18.7 Å². The summed E-state index contributed by atoms with van der Waals surface area (Å²) in [6.07, 6.45) is -1.02. The topological polar surface area (TPSA) is 91.7 Å². The second kappa shape index (κ2) is 6.07. The number of carbonyl (C=O) groups is 2. The molecule has 0 aromatic heterocycles. The zero-order valence-corrected chi connectivity index (χ0v) is 13.6. The number of fused-ring (bicyclic) bond motifs is 1. The van der Waals surface area contributed by atoms with E-state index < -0.39 is 41.1 Å². The van der Waals surface area contributed by atoms with Crippen molar-refractivity contribution in [1.82, 2.24) is 10.2 Å². The Labute approximate surface area is 142 Å². The molecule has 2 saturated heterocycles. The van der Waals surface area contributed by atoms with Gasteiger partial charge in [0.2, 0.25) is 5.91 Å². The molecule has 1 aromatic rings. The third-order valence-corrected chi connectivity index (χ3v) is 4.74. The molecule has 0 bridgehead atoms. The lowest BCUT2D eigenvalue weighted by Gasteiger charge is -2.50. The van der Waals surface area contributed by atoms with Crippen molar-refractivity contribution in [3.63, 3.8) is 0 Å². The molecule has 0 spiro atoms. The molecule has 1 amide bonds. The number of hydrogen-bond acceptors (Lipinski definition) is 5. The summed E-state index contributed by atoms with van der Waals surface area (Å²) in [5.74, 6) is -3.82. The van der Waals surface area contributed by atoms with E-state index in [9.17, 15) is 18.4 Å². The molecule has 2 aliphatic heterocycles. The summed E-state index contributed by atoms with van der Waals surface area (Å²) in [7, 11) is 2.61. The summed E-state index contributed by atoms with van der Waals surface area (Å²) in [6, 6.07) is 3.00. The Morgan fingerprint density at radius 1 is 1.48 bits per heavy atom. The van der Waals surface area contributed by atoms with Crippen LogP contribution >= 0.6 is 0 Å². The summed E-state index contributed by atoms with van der Waals surface area (Å²) in [6.45, 7) is -0.248. The van der Waals surface area contributed by atoms with Gasteiger partial charge in [-0.05, 0) is 12.5 Å². The zero-order valence-electron chi connectivity index (χ0n) is 13.6. The Hall–Kier alpha value is -2.55. The molecule has 2 heterocycles. The van der Waals surface area contributed by atoms with E-state index in [1.54, 1.807) is 0 Å².